The van der Waals surface area contributed by atoms with Crippen LogP contribution in [0.3, 0.4) is 0 Å². The molecule has 0 rings (SSSR count). The molecule has 6 nitrogen and oxygen atoms in total. The first-order valence-corrected chi connectivity index (χ1v) is 26.6. The fourth-order valence-electron chi connectivity index (χ4n) is 8.22. The summed E-state index contributed by atoms with van der Waals surface area (Å²) in [4.78, 5) is 26.1. The van der Waals surface area contributed by atoms with Crippen molar-refractivity contribution in [1.82, 2.24) is 5.32 Å². The van der Waals surface area contributed by atoms with Crippen molar-refractivity contribution in [2.75, 3.05) is 6.61 Å². The molecule has 354 valence electrons. The minimum Gasteiger partial charge on any atom is -0.458 e. The SMILES string of the molecule is CCCCCCCC/C=C\C/C=C/C(CC(=O)NC(CO)C(O)CCCCCCCCCCCCCC)OC(=O)CCCCCCCCCCCCCCCCCCCC. The third-order valence-electron chi connectivity index (χ3n) is 12.3. The Morgan fingerprint density at radius 2 is 0.883 bits per heavy atom. The number of rotatable bonds is 48. The molecule has 0 aliphatic rings. The Morgan fingerprint density at radius 3 is 1.30 bits per heavy atom. The molecule has 0 saturated carbocycles. The lowest BCUT2D eigenvalue weighted by Crippen LogP contribution is -2.46. The van der Waals surface area contributed by atoms with Gasteiger partial charge in [-0.1, -0.05) is 257 Å². The summed E-state index contributed by atoms with van der Waals surface area (Å²) in [6.45, 7) is 6.46. The molecule has 0 aromatic carbocycles. The molecule has 0 aliphatic heterocycles. The molecule has 0 fully saturated rings. The Hall–Kier alpha value is -1.66. The predicted molar refractivity (Wildman–Crippen MR) is 260 cm³/mol. The standard InChI is InChI=1S/C54H103NO5/c1-4-7-10-13-16-19-22-24-25-26-27-28-29-32-35-38-41-44-47-54(59)60-50(45-42-39-36-33-30-21-18-15-12-9-6-3)48-53(58)55-51(49-56)52(57)46-43-40-37-34-31-23-20-17-14-11-8-5-2/h33,36,42,45,50-52,56-57H,4-32,34-35,37-41,43-44,46-49H2,1-3H3,(H,55,58)/b36-33-,45-42+. The van der Waals surface area contributed by atoms with Gasteiger partial charge in [-0.25, -0.2) is 0 Å². The van der Waals surface area contributed by atoms with Crippen LogP contribution in [0.15, 0.2) is 24.3 Å². The molecule has 1 amide bonds. The zero-order chi connectivity index (χ0) is 43.8. The number of aliphatic hydroxyl groups excluding tert-OH is 2. The highest BCUT2D eigenvalue weighted by molar-refractivity contribution is 5.78. The largest absolute Gasteiger partial charge is 0.458 e. The highest BCUT2D eigenvalue weighted by atomic mass is 16.5. The van der Waals surface area contributed by atoms with Gasteiger partial charge in [0, 0.05) is 6.42 Å². The number of aliphatic hydroxyl groups is 2. The van der Waals surface area contributed by atoms with Crippen LogP contribution in [-0.2, 0) is 14.3 Å². The van der Waals surface area contributed by atoms with Gasteiger partial charge in [0.15, 0.2) is 0 Å². The van der Waals surface area contributed by atoms with Crippen molar-refractivity contribution in [2.24, 2.45) is 0 Å². The number of nitrogens with one attached hydrogen (secondary N) is 1. The van der Waals surface area contributed by atoms with E-state index < -0.39 is 18.2 Å². The molecule has 0 radical (unpaired) electrons. The molecular formula is C54H103NO5. The second-order valence-corrected chi connectivity index (χ2v) is 18.3. The van der Waals surface area contributed by atoms with Gasteiger partial charge in [-0.05, 0) is 38.2 Å². The summed E-state index contributed by atoms with van der Waals surface area (Å²) < 4.78 is 5.83. The lowest BCUT2D eigenvalue weighted by Gasteiger charge is -2.23. The van der Waals surface area contributed by atoms with Crippen LogP contribution in [0.2, 0.25) is 0 Å². The van der Waals surface area contributed by atoms with E-state index in [2.05, 4.69) is 38.2 Å². The van der Waals surface area contributed by atoms with E-state index in [1.165, 1.54) is 193 Å². The van der Waals surface area contributed by atoms with Gasteiger partial charge in [0.2, 0.25) is 5.91 Å². The molecule has 0 bridgehead atoms. The normalized spacial score (nSPS) is 13.3. The Bertz CT molecular complexity index is 950. The predicted octanol–water partition coefficient (Wildman–Crippen LogP) is 15.9. The molecule has 0 spiro atoms. The number of carbonyl (C=O) groups excluding carboxylic acids is 2. The molecule has 0 aromatic heterocycles. The van der Waals surface area contributed by atoms with Gasteiger partial charge >= 0.3 is 5.97 Å². The Morgan fingerprint density at radius 1 is 0.500 bits per heavy atom. The Balaban J connectivity index is 4.52. The van der Waals surface area contributed by atoms with Gasteiger partial charge in [-0.2, -0.15) is 0 Å². The summed E-state index contributed by atoms with van der Waals surface area (Å²) >= 11 is 0. The molecular weight excluding hydrogens is 743 g/mol. The van der Waals surface area contributed by atoms with Gasteiger partial charge in [-0.15, -0.1) is 0 Å². The lowest BCUT2D eigenvalue weighted by molar-refractivity contribution is -0.148. The van der Waals surface area contributed by atoms with E-state index in [1.807, 2.05) is 12.2 Å². The van der Waals surface area contributed by atoms with Crippen LogP contribution in [0.1, 0.15) is 284 Å². The van der Waals surface area contributed by atoms with Gasteiger partial charge in [0.1, 0.15) is 6.10 Å². The maximum absolute atomic E-state index is 13.1. The number of amides is 1. The number of carbonyl (C=O) groups is 2. The first kappa shape index (κ1) is 58.3. The summed E-state index contributed by atoms with van der Waals surface area (Å²) in [7, 11) is 0. The smallest absolute Gasteiger partial charge is 0.306 e. The number of unbranched alkanes of at least 4 members (excludes halogenated alkanes) is 34. The number of esters is 1. The van der Waals surface area contributed by atoms with Crippen LogP contribution in [0.25, 0.3) is 0 Å². The van der Waals surface area contributed by atoms with Crippen molar-refractivity contribution < 1.29 is 24.5 Å². The van der Waals surface area contributed by atoms with E-state index in [0.717, 1.165) is 51.4 Å². The third-order valence-corrected chi connectivity index (χ3v) is 12.3. The average molecular weight is 846 g/mol. The van der Waals surface area contributed by atoms with E-state index in [1.54, 1.807) is 0 Å². The minimum atomic E-state index is -0.806. The van der Waals surface area contributed by atoms with Crippen molar-refractivity contribution in [1.29, 1.82) is 0 Å². The topological polar surface area (TPSA) is 95.9 Å². The molecule has 6 heteroatoms. The fraction of sp³-hybridized carbons (Fsp3) is 0.889. The van der Waals surface area contributed by atoms with Gasteiger partial charge in [-0.3, -0.25) is 9.59 Å². The molecule has 0 aromatic rings. The molecule has 3 atom stereocenters. The Labute approximate surface area is 373 Å². The fourth-order valence-corrected chi connectivity index (χ4v) is 8.22. The number of hydrogen-bond donors (Lipinski definition) is 3. The van der Waals surface area contributed by atoms with Gasteiger partial charge < -0.3 is 20.3 Å². The monoisotopic (exact) mass is 846 g/mol. The van der Waals surface area contributed by atoms with Crippen molar-refractivity contribution in [3.63, 3.8) is 0 Å². The quantitative estimate of drug-likeness (QED) is 0.0322. The summed E-state index contributed by atoms with van der Waals surface area (Å²) in [6.07, 6.45) is 55.6. The summed E-state index contributed by atoms with van der Waals surface area (Å²) in [5.41, 5.74) is 0. The van der Waals surface area contributed by atoms with E-state index in [9.17, 15) is 19.8 Å². The van der Waals surface area contributed by atoms with Crippen LogP contribution >= 0.6 is 0 Å². The van der Waals surface area contributed by atoms with E-state index in [4.69, 9.17) is 4.74 Å². The number of hydrogen-bond acceptors (Lipinski definition) is 5. The second-order valence-electron chi connectivity index (χ2n) is 18.3. The molecule has 0 aliphatic carbocycles. The second kappa shape index (κ2) is 48.4. The maximum Gasteiger partial charge on any atom is 0.306 e. The zero-order valence-electron chi connectivity index (χ0n) is 40.4. The van der Waals surface area contributed by atoms with Crippen molar-refractivity contribution >= 4 is 11.9 Å². The Kier molecular flexibility index (Phi) is 47.0. The highest BCUT2D eigenvalue weighted by Gasteiger charge is 2.23. The highest BCUT2D eigenvalue weighted by Crippen LogP contribution is 2.17. The zero-order valence-corrected chi connectivity index (χ0v) is 40.4. The molecule has 3 N–H and O–H groups in total. The first-order valence-electron chi connectivity index (χ1n) is 26.6. The van der Waals surface area contributed by atoms with Crippen LogP contribution in [0.5, 0.6) is 0 Å². The van der Waals surface area contributed by atoms with Crippen molar-refractivity contribution in [3.8, 4) is 0 Å². The average Bonchev–Trinajstić information content (AvgIpc) is 3.24. The molecule has 0 saturated heterocycles. The molecule has 0 heterocycles. The van der Waals surface area contributed by atoms with Crippen LogP contribution in [0.4, 0.5) is 0 Å². The maximum atomic E-state index is 13.1. The molecule has 3 unspecified atom stereocenters. The van der Waals surface area contributed by atoms with E-state index in [-0.39, 0.29) is 24.9 Å². The molecule has 60 heavy (non-hydrogen) atoms. The first-order chi connectivity index (χ1) is 29.5. The van der Waals surface area contributed by atoms with E-state index in [0.29, 0.717) is 12.8 Å². The third kappa shape index (κ3) is 43.0. The van der Waals surface area contributed by atoms with E-state index >= 15 is 0 Å². The van der Waals surface area contributed by atoms with Crippen molar-refractivity contribution in [2.45, 2.75) is 302 Å². The number of ether oxygens (including phenoxy) is 1. The summed E-state index contributed by atoms with van der Waals surface area (Å²) in [5, 5.41) is 23.7. The number of allylic oxidation sites excluding steroid dienone is 3. The lowest BCUT2D eigenvalue weighted by atomic mass is 10.0. The van der Waals surface area contributed by atoms with Gasteiger partial charge in [0.25, 0.3) is 0 Å². The van der Waals surface area contributed by atoms with Crippen LogP contribution < -0.4 is 5.32 Å². The summed E-state index contributed by atoms with van der Waals surface area (Å²) in [6, 6.07) is -0.727. The van der Waals surface area contributed by atoms with Crippen LogP contribution in [0, 0.1) is 0 Å². The van der Waals surface area contributed by atoms with Crippen LogP contribution in [-0.4, -0.2) is 46.9 Å². The van der Waals surface area contributed by atoms with Crippen molar-refractivity contribution in [3.05, 3.63) is 24.3 Å². The van der Waals surface area contributed by atoms with Gasteiger partial charge in [0.05, 0.1) is 25.2 Å². The summed E-state index contributed by atoms with van der Waals surface area (Å²) in [5.74, 6) is -0.588. The minimum absolute atomic E-state index is 0.0232.